The SMILES string of the molecule is CCc1nsc(SCCCn2cnc3c(N)ncnc32)n1. The van der Waals surface area contributed by atoms with E-state index >= 15 is 0 Å². The molecule has 0 radical (unpaired) electrons. The van der Waals surface area contributed by atoms with Gasteiger partial charge in [-0.05, 0) is 18.0 Å². The third-order valence-corrected chi connectivity index (χ3v) is 4.92. The van der Waals surface area contributed by atoms with Gasteiger partial charge >= 0.3 is 0 Å². The largest absolute Gasteiger partial charge is 0.382 e. The molecule has 2 N–H and O–H groups in total. The van der Waals surface area contributed by atoms with E-state index in [2.05, 4.69) is 31.2 Å². The Hall–Kier alpha value is -1.74. The van der Waals surface area contributed by atoms with Crippen molar-refractivity contribution in [2.24, 2.45) is 0 Å². The Morgan fingerprint density at radius 2 is 2.24 bits per heavy atom. The molecule has 0 unspecified atom stereocenters. The summed E-state index contributed by atoms with van der Waals surface area (Å²) in [4.78, 5) is 16.9. The van der Waals surface area contributed by atoms with Gasteiger partial charge in [0.25, 0.3) is 0 Å². The van der Waals surface area contributed by atoms with Crippen molar-refractivity contribution in [3.8, 4) is 0 Å². The van der Waals surface area contributed by atoms with Crippen LogP contribution in [-0.4, -0.2) is 34.6 Å². The number of hydrogen-bond donors (Lipinski definition) is 1. The smallest absolute Gasteiger partial charge is 0.170 e. The Labute approximate surface area is 130 Å². The van der Waals surface area contributed by atoms with Crippen molar-refractivity contribution in [2.75, 3.05) is 11.5 Å². The quantitative estimate of drug-likeness (QED) is 0.548. The van der Waals surface area contributed by atoms with Crippen molar-refractivity contribution in [2.45, 2.75) is 30.6 Å². The third-order valence-electron chi connectivity index (χ3n) is 2.96. The Balaban J connectivity index is 1.56. The molecule has 0 atom stereocenters. The highest BCUT2D eigenvalue weighted by Crippen LogP contribution is 2.21. The number of fused-ring (bicyclic) bond motifs is 1. The van der Waals surface area contributed by atoms with Gasteiger partial charge in [0.2, 0.25) is 0 Å². The van der Waals surface area contributed by atoms with Crippen molar-refractivity contribution in [3.05, 3.63) is 18.5 Å². The van der Waals surface area contributed by atoms with Crippen LogP contribution in [-0.2, 0) is 13.0 Å². The van der Waals surface area contributed by atoms with Gasteiger partial charge in [0.1, 0.15) is 17.7 Å². The van der Waals surface area contributed by atoms with Crippen LogP contribution >= 0.6 is 23.3 Å². The van der Waals surface area contributed by atoms with Crippen molar-refractivity contribution >= 4 is 40.3 Å². The number of aryl methyl sites for hydroxylation is 2. The molecule has 3 rings (SSSR count). The van der Waals surface area contributed by atoms with Crippen LogP contribution in [0.25, 0.3) is 11.2 Å². The van der Waals surface area contributed by atoms with Crippen LogP contribution in [0.15, 0.2) is 17.0 Å². The summed E-state index contributed by atoms with van der Waals surface area (Å²) >= 11 is 3.21. The van der Waals surface area contributed by atoms with E-state index in [0.717, 1.165) is 41.0 Å². The molecule has 0 spiro atoms. The van der Waals surface area contributed by atoms with E-state index < -0.39 is 0 Å². The van der Waals surface area contributed by atoms with Gasteiger partial charge in [-0.25, -0.2) is 19.9 Å². The van der Waals surface area contributed by atoms with E-state index in [4.69, 9.17) is 5.73 Å². The molecule has 0 aliphatic heterocycles. The highest BCUT2D eigenvalue weighted by molar-refractivity contribution is 8.00. The molecule has 0 saturated heterocycles. The van der Waals surface area contributed by atoms with Crippen LogP contribution in [0, 0.1) is 0 Å². The molecular formula is C12H15N7S2. The van der Waals surface area contributed by atoms with Crippen LogP contribution < -0.4 is 5.73 Å². The van der Waals surface area contributed by atoms with Crippen molar-refractivity contribution in [3.63, 3.8) is 0 Å². The predicted molar refractivity (Wildman–Crippen MR) is 84.4 cm³/mol. The van der Waals surface area contributed by atoms with Crippen LogP contribution in [0.1, 0.15) is 19.2 Å². The fourth-order valence-corrected chi connectivity index (χ4v) is 3.59. The molecule has 0 saturated carbocycles. The summed E-state index contributed by atoms with van der Waals surface area (Å²) < 4.78 is 7.32. The monoisotopic (exact) mass is 321 g/mol. The molecule has 3 aromatic rings. The average molecular weight is 321 g/mol. The molecule has 9 heteroatoms. The van der Waals surface area contributed by atoms with Gasteiger partial charge in [0.15, 0.2) is 15.8 Å². The van der Waals surface area contributed by atoms with Gasteiger partial charge in [-0.3, -0.25) is 0 Å². The first-order chi connectivity index (χ1) is 10.3. The Morgan fingerprint density at radius 3 is 3.05 bits per heavy atom. The number of hydrogen-bond acceptors (Lipinski definition) is 8. The zero-order valence-corrected chi connectivity index (χ0v) is 13.2. The van der Waals surface area contributed by atoms with Crippen molar-refractivity contribution < 1.29 is 0 Å². The van der Waals surface area contributed by atoms with Gasteiger partial charge in [-0.2, -0.15) is 4.37 Å². The van der Waals surface area contributed by atoms with E-state index in [1.54, 1.807) is 18.1 Å². The standard InChI is InChI=1S/C12H15N7S2/c1-2-8-17-12(21-18-8)20-5-3-4-19-7-16-9-10(13)14-6-15-11(9)19/h6-7H,2-5H2,1H3,(H2,13,14,15). The van der Waals surface area contributed by atoms with Gasteiger partial charge in [0.05, 0.1) is 6.33 Å². The minimum atomic E-state index is 0.425. The average Bonchev–Trinajstić information content (AvgIpc) is 3.11. The van der Waals surface area contributed by atoms with E-state index in [-0.39, 0.29) is 0 Å². The first-order valence-electron chi connectivity index (χ1n) is 6.64. The molecule has 21 heavy (non-hydrogen) atoms. The van der Waals surface area contributed by atoms with Crippen LogP contribution in [0.2, 0.25) is 0 Å². The molecule has 7 nitrogen and oxygen atoms in total. The molecule has 0 aliphatic rings. The van der Waals surface area contributed by atoms with Crippen LogP contribution in [0.4, 0.5) is 5.82 Å². The number of nitrogens with two attached hydrogens (primary N) is 1. The lowest BCUT2D eigenvalue weighted by atomic mass is 10.4. The maximum absolute atomic E-state index is 5.77. The summed E-state index contributed by atoms with van der Waals surface area (Å²) in [5, 5.41) is 0. The van der Waals surface area contributed by atoms with E-state index in [1.165, 1.54) is 17.9 Å². The summed E-state index contributed by atoms with van der Waals surface area (Å²) in [5.74, 6) is 2.34. The fraction of sp³-hybridized carbons (Fsp3) is 0.417. The molecule has 110 valence electrons. The lowest BCUT2D eigenvalue weighted by molar-refractivity contribution is 0.696. The van der Waals surface area contributed by atoms with E-state index in [0.29, 0.717) is 11.3 Å². The second-order valence-electron chi connectivity index (χ2n) is 4.40. The van der Waals surface area contributed by atoms with Gasteiger partial charge < -0.3 is 10.3 Å². The zero-order valence-electron chi connectivity index (χ0n) is 11.6. The van der Waals surface area contributed by atoms with E-state index in [1.807, 2.05) is 4.57 Å². The second kappa shape index (κ2) is 6.35. The lowest BCUT2D eigenvalue weighted by Crippen LogP contribution is -2.00. The summed E-state index contributed by atoms with van der Waals surface area (Å²) in [6.07, 6.45) is 5.12. The molecule has 3 heterocycles. The van der Waals surface area contributed by atoms with Gasteiger partial charge in [-0.1, -0.05) is 18.7 Å². The summed E-state index contributed by atoms with van der Waals surface area (Å²) in [6, 6.07) is 0. The molecule has 0 amide bonds. The second-order valence-corrected chi connectivity index (χ2v) is 6.50. The Morgan fingerprint density at radius 1 is 1.33 bits per heavy atom. The highest BCUT2D eigenvalue weighted by atomic mass is 32.2. The Kier molecular flexibility index (Phi) is 4.30. The molecule has 0 aromatic carbocycles. The first kappa shape index (κ1) is 14.2. The minimum absolute atomic E-state index is 0.425. The summed E-state index contributed by atoms with van der Waals surface area (Å²) in [6.45, 7) is 2.91. The number of imidazole rings is 1. The number of nitrogens with zero attached hydrogens (tertiary/aromatic N) is 6. The van der Waals surface area contributed by atoms with Gasteiger partial charge in [0, 0.05) is 18.7 Å². The summed E-state index contributed by atoms with van der Waals surface area (Å²) in [7, 11) is 0. The zero-order chi connectivity index (χ0) is 14.7. The number of thioether (sulfide) groups is 1. The molecule has 0 aliphatic carbocycles. The van der Waals surface area contributed by atoms with Crippen LogP contribution in [0.5, 0.6) is 0 Å². The topological polar surface area (TPSA) is 95.4 Å². The number of nitrogen functional groups attached to an aromatic ring is 1. The van der Waals surface area contributed by atoms with Crippen molar-refractivity contribution in [1.29, 1.82) is 0 Å². The number of rotatable bonds is 6. The normalized spacial score (nSPS) is 11.3. The molecular weight excluding hydrogens is 306 g/mol. The van der Waals surface area contributed by atoms with Crippen molar-refractivity contribution in [1.82, 2.24) is 28.9 Å². The lowest BCUT2D eigenvalue weighted by Gasteiger charge is -2.02. The fourth-order valence-electron chi connectivity index (χ4n) is 1.90. The minimum Gasteiger partial charge on any atom is -0.382 e. The predicted octanol–water partition coefficient (Wildman–Crippen LogP) is 2.00. The number of anilines is 1. The highest BCUT2D eigenvalue weighted by Gasteiger charge is 2.08. The maximum atomic E-state index is 5.77. The first-order valence-corrected chi connectivity index (χ1v) is 8.40. The maximum Gasteiger partial charge on any atom is 0.170 e. The third kappa shape index (κ3) is 3.13. The molecule has 0 bridgehead atoms. The van der Waals surface area contributed by atoms with Gasteiger partial charge in [-0.15, -0.1) is 0 Å². The Bertz CT molecular complexity index is 736. The van der Waals surface area contributed by atoms with E-state index in [9.17, 15) is 0 Å². The summed E-state index contributed by atoms with van der Waals surface area (Å²) in [5.41, 5.74) is 7.23. The number of aromatic nitrogens is 6. The molecule has 3 aromatic heterocycles. The van der Waals surface area contributed by atoms with Crippen LogP contribution in [0.3, 0.4) is 0 Å². The molecule has 0 fully saturated rings.